The van der Waals surface area contributed by atoms with Crippen molar-refractivity contribution in [1.82, 2.24) is 0 Å². The third kappa shape index (κ3) is 39.9. The predicted octanol–water partition coefficient (Wildman–Crippen LogP) is 10.3. The summed E-state index contributed by atoms with van der Waals surface area (Å²) in [6.07, 6.45) is 35.2. The van der Waals surface area contributed by atoms with Crippen molar-refractivity contribution in [3.8, 4) is 0 Å². The molecule has 0 spiro atoms. The molecule has 0 amide bonds. The molecule has 35 heavy (non-hydrogen) atoms. The van der Waals surface area contributed by atoms with Crippen molar-refractivity contribution in [1.29, 1.82) is 0 Å². The fraction of sp³-hybridized carbons (Fsp3) is 0.806. The molecule has 206 valence electrons. The Morgan fingerprint density at radius 2 is 0.714 bits per heavy atom. The third-order valence-electron chi connectivity index (χ3n) is 6.05. The topological polar surface area (TPSA) is 74.6 Å². The van der Waals surface area contributed by atoms with Gasteiger partial charge in [-0.25, -0.2) is 0 Å². The molecule has 0 atom stereocenters. The number of aliphatic carboxylic acids is 2. The molecule has 0 bridgehead atoms. The summed E-state index contributed by atoms with van der Waals surface area (Å²) in [7, 11) is 0. The SMILES string of the molecule is CCCC/C=C\CCCCCCCCC(=O)O.CCCCCC/C=C\CCCCCCCC(=O)O. The Morgan fingerprint density at radius 3 is 1.06 bits per heavy atom. The van der Waals surface area contributed by atoms with Crippen molar-refractivity contribution in [3.05, 3.63) is 24.3 Å². The summed E-state index contributed by atoms with van der Waals surface area (Å²) >= 11 is 0. The van der Waals surface area contributed by atoms with Crippen LogP contribution >= 0.6 is 0 Å². The molecule has 0 saturated heterocycles. The van der Waals surface area contributed by atoms with Crippen LogP contribution in [0.4, 0.5) is 0 Å². The third-order valence-corrected chi connectivity index (χ3v) is 6.05. The molecule has 0 aliphatic carbocycles. The first-order chi connectivity index (χ1) is 17.0. The fourth-order valence-electron chi connectivity index (χ4n) is 3.80. The van der Waals surface area contributed by atoms with Gasteiger partial charge >= 0.3 is 11.9 Å². The second kappa shape index (κ2) is 32.4. The van der Waals surface area contributed by atoms with Gasteiger partial charge in [0, 0.05) is 12.8 Å². The first-order valence-corrected chi connectivity index (χ1v) is 14.8. The molecule has 0 saturated carbocycles. The van der Waals surface area contributed by atoms with Crippen LogP contribution < -0.4 is 0 Å². The quantitative estimate of drug-likeness (QED) is 0.0977. The highest BCUT2D eigenvalue weighted by molar-refractivity contribution is 5.66. The highest BCUT2D eigenvalue weighted by atomic mass is 16.4. The number of carbonyl (C=O) groups is 2. The molecule has 0 aliphatic heterocycles. The van der Waals surface area contributed by atoms with Gasteiger partial charge in [-0.1, -0.05) is 115 Å². The van der Waals surface area contributed by atoms with Gasteiger partial charge < -0.3 is 10.2 Å². The van der Waals surface area contributed by atoms with Crippen molar-refractivity contribution >= 4 is 11.9 Å². The van der Waals surface area contributed by atoms with Crippen LogP contribution in [0.2, 0.25) is 0 Å². The predicted molar refractivity (Wildman–Crippen MR) is 151 cm³/mol. The Labute approximate surface area is 217 Å². The lowest BCUT2D eigenvalue weighted by Crippen LogP contribution is -1.93. The van der Waals surface area contributed by atoms with E-state index in [2.05, 4.69) is 38.2 Å². The van der Waals surface area contributed by atoms with Gasteiger partial charge in [-0.05, 0) is 57.8 Å². The van der Waals surface area contributed by atoms with E-state index < -0.39 is 11.9 Å². The number of allylic oxidation sites excluding steroid dienone is 4. The van der Waals surface area contributed by atoms with Crippen molar-refractivity contribution in [3.63, 3.8) is 0 Å². The van der Waals surface area contributed by atoms with Gasteiger partial charge in [0.25, 0.3) is 0 Å². The second-order valence-corrected chi connectivity index (χ2v) is 9.69. The van der Waals surface area contributed by atoms with Crippen LogP contribution in [0.3, 0.4) is 0 Å². The van der Waals surface area contributed by atoms with E-state index in [0.717, 1.165) is 25.7 Å². The fourth-order valence-corrected chi connectivity index (χ4v) is 3.80. The number of hydrogen-bond donors (Lipinski definition) is 2. The first kappa shape index (κ1) is 35.6. The zero-order valence-electron chi connectivity index (χ0n) is 23.3. The van der Waals surface area contributed by atoms with E-state index in [1.165, 1.54) is 109 Å². The van der Waals surface area contributed by atoms with E-state index in [-0.39, 0.29) is 0 Å². The maximum Gasteiger partial charge on any atom is 0.303 e. The minimum atomic E-state index is -0.666. The summed E-state index contributed by atoms with van der Waals surface area (Å²) in [5.74, 6) is -1.33. The van der Waals surface area contributed by atoms with Crippen LogP contribution in [0.25, 0.3) is 0 Å². The number of carboxylic acid groups (broad SMARTS) is 2. The molecule has 0 aromatic carbocycles. The standard InChI is InChI=1S/C16H30O2.C15H28O2/c1-2-3-4-5-6-7-8-9-10-11-12-13-14-15-16(17)18;1-2-3-4-5-6-7-8-9-10-11-12-13-14-15(16)17/h7-8H,2-6,9-15H2,1H3,(H,17,18);5-6H,2-4,7-14H2,1H3,(H,16,17)/b8-7-;6-5-. The second-order valence-electron chi connectivity index (χ2n) is 9.69. The lowest BCUT2D eigenvalue weighted by molar-refractivity contribution is -0.138. The molecular formula is C31H58O4. The van der Waals surface area contributed by atoms with Crippen molar-refractivity contribution in [2.75, 3.05) is 0 Å². The highest BCUT2D eigenvalue weighted by Crippen LogP contribution is 2.10. The zero-order chi connectivity index (χ0) is 26.2. The molecule has 4 heteroatoms. The van der Waals surface area contributed by atoms with Crippen LogP contribution in [0.1, 0.15) is 162 Å². The summed E-state index contributed by atoms with van der Waals surface area (Å²) < 4.78 is 0. The largest absolute Gasteiger partial charge is 0.481 e. The zero-order valence-corrected chi connectivity index (χ0v) is 23.3. The Hall–Kier alpha value is -1.58. The summed E-state index contributed by atoms with van der Waals surface area (Å²) in [5.41, 5.74) is 0. The Kier molecular flexibility index (Phi) is 33.0. The Bertz CT molecular complexity index is 496. The van der Waals surface area contributed by atoms with E-state index in [1.54, 1.807) is 0 Å². The number of carboxylic acids is 2. The van der Waals surface area contributed by atoms with Gasteiger partial charge in [0.1, 0.15) is 0 Å². The van der Waals surface area contributed by atoms with Gasteiger partial charge in [-0.15, -0.1) is 0 Å². The molecule has 4 nitrogen and oxygen atoms in total. The monoisotopic (exact) mass is 494 g/mol. The molecule has 2 N–H and O–H groups in total. The molecule has 0 radical (unpaired) electrons. The number of rotatable bonds is 25. The van der Waals surface area contributed by atoms with Gasteiger partial charge in [-0.2, -0.15) is 0 Å². The molecule has 0 aliphatic rings. The van der Waals surface area contributed by atoms with Crippen LogP contribution in [-0.4, -0.2) is 22.2 Å². The summed E-state index contributed by atoms with van der Waals surface area (Å²) in [6.45, 7) is 4.46. The van der Waals surface area contributed by atoms with E-state index in [4.69, 9.17) is 10.2 Å². The lowest BCUT2D eigenvalue weighted by atomic mass is 10.1. The summed E-state index contributed by atoms with van der Waals surface area (Å²) in [4.78, 5) is 20.6. The molecular weight excluding hydrogens is 436 g/mol. The normalized spacial score (nSPS) is 11.1. The highest BCUT2D eigenvalue weighted by Gasteiger charge is 1.97. The van der Waals surface area contributed by atoms with Gasteiger partial charge in [0.15, 0.2) is 0 Å². The van der Waals surface area contributed by atoms with Crippen LogP contribution in [0.5, 0.6) is 0 Å². The van der Waals surface area contributed by atoms with Crippen LogP contribution in [0.15, 0.2) is 24.3 Å². The molecule has 0 fully saturated rings. The molecule has 0 aromatic heterocycles. The molecule has 0 rings (SSSR count). The maximum absolute atomic E-state index is 10.3. The molecule has 0 aromatic rings. The van der Waals surface area contributed by atoms with Crippen LogP contribution in [-0.2, 0) is 9.59 Å². The number of hydrogen-bond acceptors (Lipinski definition) is 2. The Balaban J connectivity index is 0. The Morgan fingerprint density at radius 1 is 0.429 bits per heavy atom. The summed E-state index contributed by atoms with van der Waals surface area (Å²) in [6, 6.07) is 0. The molecule has 0 heterocycles. The first-order valence-electron chi connectivity index (χ1n) is 14.8. The van der Waals surface area contributed by atoms with E-state index in [9.17, 15) is 9.59 Å². The average Bonchev–Trinajstić information content (AvgIpc) is 2.83. The average molecular weight is 495 g/mol. The minimum Gasteiger partial charge on any atom is -0.481 e. The summed E-state index contributed by atoms with van der Waals surface area (Å²) in [5, 5.41) is 16.9. The number of unbranched alkanes of at least 4 members (excludes halogenated alkanes) is 17. The van der Waals surface area contributed by atoms with Gasteiger partial charge in [0.2, 0.25) is 0 Å². The van der Waals surface area contributed by atoms with Crippen LogP contribution in [0, 0.1) is 0 Å². The van der Waals surface area contributed by atoms with Crippen molar-refractivity contribution < 1.29 is 19.8 Å². The van der Waals surface area contributed by atoms with Gasteiger partial charge in [-0.3, -0.25) is 9.59 Å². The maximum atomic E-state index is 10.3. The van der Waals surface area contributed by atoms with E-state index in [1.807, 2.05) is 0 Å². The van der Waals surface area contributed by atoms with Crippen molar-refractivity contribution in [2.45, 2.75) is 162 Å². The lowest BCUT2D eigenvalue weighted by Gasteiger charge is -1.99. The van der Waals surface area contributed by atoms with Gasteiger partial charge in [0.05, 0.1) is 0 Å². The smallest absolute Gasteiger partial charge is 0.303 e. The minimum absolute atomic E-state index is 0.331. The van der Waals surface area contributed by atoms with E-state index >= 15 is 0 Å². The molecule has 0 unspecified atom stereocenters. The van der Waals surface area contributed by atoms with E-state index in [0.29, 0.717) is 12.8 Å². The van der Waals surface area contributed by atoms with Crippen molar-refractivity contribution in [2.24, 2.45) is 0 Å².